The van der Waals surface area contributed by atoms with Crippen molar-refractivity contribution < 1.29 is 9.13 Å². The fourth-order valence-corrected chi connectivity index (χ4v) is 2.12. The average Bonchev–Trinajstić information content (AvgIpc) is 2.59. The maximum atomic E-state index is 13.7. The number of ether oxygens (including phenoxy) is 1. The smallest absolute Gasteiger partial charge is 0.229 e. The van der Waals surface area contributed by atoms with E-state index < -0.39 is 0 Å². The molecule has 2 N–H and O–H groups in total. The molecule has 0 aliphatic heterocycles. The van der Waals surface area contributed by atoms with Crippen LogP contribution in [0.1, 0.15) is 6.92 Å². The summed E-state index contributed by atoms with van der Waals surface area (Å²) in [5.74, 6) is 1.38. The number of benzene rings is 2. The second kappa shape index (κ2) is 7.41. The number of hydrogen-bond acceptors (Lipinski definition) is 5. The van der Waals surface area contributed by atoms with Crippen molar-refractivity contribution in [2.45, 2.75) is 6.92 Å². The summed E-state index contributed by atoms with van der Waals surface area (Å²) in [4.78, 5) is 8.44. The molecular weight excluding hydrogens is 307 g/mol. The molecule has 0 saturated heterocycles. The Morgan fingerprint density at radius 3 is 2.54 bits per heavy atom. The Kier molecular flexibility index (Phi) is 4.86. The van der Waals surface area contributed by atoms with E-state index in [1.54, 1.807) is 30.5 Å². The van der Waals surface area contributed by atoms with Gasteiger partial charge in [0.05, 0.1) is 12.3 Å². The summed E-state index contributed by atoms with van der Waals surface area (Å²) >= 11 is 0. The zero-order valence-corrected chi connectivity index (χ0v) is 13.2. The first-order chi connectivity index (χ1) is 11.7. The van der Waals surface area contributed by atoms with E-state index in [9.17, 15) is 4.39 Å². The van der Waals surface area contributed by atoms with Gasteiger partial charge in [-0.25, -0.2) is 9.37 Å². The van der Waals surface area contributed by atoms with Crippen LogP contribution in [0.4, 0.5) is 27.5 Å². The zero-order chi connectivity index (χ0) is 16.8. The van der Waals surface area contributed by atoms with Gasteiger partial charge < -0.3 is 15.4 Å². The van der Waals surface area contributed by atoms with Crippen molar-refractivity contribution in [3.63, 3.8) is 0 Å². The molecule has 3 aromatic rings. The van der Waals surface area contributed by atoms with Crippen LogP contribution in [-0.4, -0.2) is 16.6 Å². The van der Waals surface area contributed by atoms with Gasteiger partial charge in [-0.3, -0.25) is 0 Å². The van der Waals surface area contributed by atoms with Crippen LogP contribution in [0.25, 0.3) is 0 Å². The van der Waals surface area contributed by atoms with Crippen LogP contribution in [-0.2, 0) is 0 Å². The average molecular weight is 324 g/mol. The molecule has 0 aliphatic rings. The summed E-state index contributed by atoms with van der Waals surface area (Å²) in [5.41, 5.74) is 1.20. The number of hydrogen-bond donors (Lipinski definition) is 2. The SMILES string of the molecule is CCOc1ccc(Nc2ccnc(Nc3ccccc3F)n2)cc1. The van der Waals surface area contributed by atoms with Gasteiger partial charge in [0, 0.05) is 11.9 Å². The third kappa shape index (κ3) is 3.98. The summed E-state index contributed by atoms with van der Waals surface area (Å²) in [7, 11) is 0. The molecule has 0 fully saturated rings. The summed E-state index contributed by atoms with van der Waals surface area (Å²) in [5, 5.41) is 6.04. The highest BCUT2D eigenvalue weighted by Crippen LogP contribution is 2.21. The molecule has 0 radical (unpaired) electrons. The monoisotopic (exact) mass is 324 g/mol. The summed E-state index contributed by atoms with van der Waals surface area (Å²) in [6, 6.07) is 15.7. The van der Waals surface area contributed by atoms with Crippen LogP contribution in [0, 0.1) is 5.82 Å². The van der Waals surface area contributed by atoms with Crippen LogP contribution in [0.2, 0.25) is 0 Å². The first kappa shape index (κ1) is 15.7. The molecule has 122 valence electrons. The van der Waals surface area contributed by atoms with Crippen molar-refractivity contribution in [2.24, 2.45) is 0 Å². The van der Waals surface area contributed by atoms with Crippen molar-refractivity contribution in [3.8, 4) is 5.75 Å². The molecule has 0 amide bonds. The van der Waals surface area contributed by atoms with E-state index in [0.717, 1.165) is 11.4 Å². The second-order valence-electron chi connectivity index (χ2n) is 4.95. The molecule has 3 rings (SSSR count). The normalized spacial score (nSPS) is 10.2. The quantitative estimate of drug-likeness (QED) is 0.699. The number of aromatic nitrogens is 2. The molecule has 2 aromatic carbocycles. The maximum absolute atomic E-state index is 13.7. The summed E-state index contributed by atoms with van der Waals surface area (Å²) < 4.78 is 19.1. The van der Waals surface area contributed by atoms with E-state index in [2.05, 4.69) is 20.6 Å². The Balaban J connectivity index is 1.72. The molecule has 0 unspecified atom stereocenters. The molecular formula is C18H17FN4O. The highest BCUT2D eigenvalue weighted by atomic mass is 19.1. The molecule has 0 atom stereocenters. The lowest BCUT2D eigenvalue weighted by Crippen LogP contribution is -2.01. The first-order valence-corrected chi connectivity index (χ1v) is 7.59. The van der Waals surface area contributed by atoms with E-state index in [1.807, 2.05) is 31.2 Å². The van der Waals surface area contributed by atoms with Gasteiger partial charge in [0.25, 0.3) is 0 Å². The predicted molar refractivity (Wildman–Crippen MR) is 92.6 cm³/mol. The van der Waals surface area contributed by atoms with Crippen LogP contribution in [0.5, 0.6) is 5.75 Å². The summed E-state index contributed by atoms with van der Waals surface area (Å²) in [6.45, 7) is 2.57. The van der Waals surface area contributed by atoms with Gasteiger partial charge in [-0.2, -0.15) is 4.98 Å². The van der Waals surface area contributed by atoms with E-state index in [4.69, 9.17) is 4.74 Å². The van der Waals surface area contributed by atoms with Gasteiger partial charge in [-0.05, 0) is 49.4 Å². The fraction of sp³-hybridized carbons (Fsp3) is 0.111. The van der Waals surface area contributed by atoms with Crippen LogP contribution in [0.15, 0.2) is 60.8 Å². The van der Waals surface area contributed by atoms with Crippen molar-refractivity contribution in [1.82, 2.24) is 9.97 Å². The lowest BCUT2D eigenvalue weighted by Gasteiger charge is -2.09. The minimum absolute atomic E-state index is 0.316. The zero-order valence-electron chi connectivity index (χ0n) is 13.2. The number of anilines is 4. The highest BCUT2D eigenvalue weighted by Gasteiger charge is 2.04. The Bertz CT molecular complexity index is 808. The Hall–Kier alpha value is -3.15. The molecule has 0 saturated carbocycles. The Labute approximate surface area is 139 Å². The standard InChI is InChI=1S/C18H17FN4O/c1-2-24-14-9-7-13(8-10-14)21-17-11-12-20-18(23-17)22-16-6-4-3-5-15(16)19/h3-12H,2H2,1H3,(H2,20,21,22,23). The molecule has 24 heavy (non-hydrogen) atoms. The van der Waals surface area contributed by atoms with E-state index >= 15 is 0 Å². The first-order valence-electron chi connectivity index (χ1n) is 7.59. The molecule has 5 nitrogen and oxygen atoms in total. The van der Waals surface area contributed by atoms with Gasteiger partial charge in [0.15, 0.2) is 0 Å². The minimum atomic E-state index is -0.356. The number of nitrogens with one attached hydrogen (secondary N) is 2. The lowest BCUT2D eigenvalue weighted by atomic mass is 10.3. The summed E-state index contributed by atoms with van der Waals surface area (Å²) in [6.07, 6.45) is 1.60. The highest BCUT2D eigenvalue weighted by molar-refractivity contribution is 5.60. The molecule has 0 spiro atoms. The van der Waals surface area contributed by atoms with Crippen LogP contribution in [0.3, 0.4) is 0 Å². The third-order valence-electron chi connectivity index (χ3n) is 3.21. The number of nitrogens with zero attached hydrogens (tertiary/aromatic N) is 2. The van der Waals surface area contributed by atoms with Crippen LogP contribution >= 0.6 is 0 Å². The van der Waals surface area contributed by atoms with Gasteiger partial charge >= 0.3 is 0 Å². The van der Waals surface area contributed by atoms with Crippen molar-refractivity contribution in [2.75, 3.05) is 17.2 Å². The fourth-order valence-electron chi connectivity index (χ4n) is 2.12. The van der Waals surface area contributed by atoms with Crippen molar-refractivity contribution in [3.05, 3.63) is 66.6 Å². The van der Waals surface area contributed by atoms with Gasteiger partial charge in [0.1, 0.15) is 17.4 Å². The second-order valence-corrected chi connectivity index (χ2v) is 4.95. The number of para-hydroxylation sites is 1. The molecule has 1 heterocycles. The topological polar surface area (TPSA) is 59.1 Å². The molecule has 1 aromatic heterocycles. The van der Waals surface area contributed by atoms with E-state index in [0.29, 0.717) is 24.1 Å². The van der Waals surface area contributed by atoms with E-state index in [1.165, 1.54) is 6.07 Å². The molecule has 0 bridgehead atoms. The maximum Gasteiger partial charge on any atom is 0.229 e. The van der Waals surface area contributed by atoms with Gasteiger partial charge in [-0.15, -0.1) is 0 Å². The Morgan fingerprint density at radius 2 is 1.79 bits per heavy atom. The largest absolute Gasteiger partial charge is 0.494 e. The minimum Gasteiger partial charge on any atom is -0.494 e. The van der Waals surface area contributed by atoms with E-state index in [-0.39, 0.29) is 5.82 Å². The Morgan fingerprint density at radius 1 is 1.00 bits per heavy atom. The van der Waals surface area contributed by atoms with Crippen molar-refractivity contribution in [1.29, 1.82) is 0 Å². The number of halogens is 1. The van der Waals surface area contributed by atoms with Crippen LogP contribution < -0.4 is 15.4 Å². The lowest BCUT2D eigenvalue weighted by molar-refractivity contribution is 0.340. The predicted octanol–water partition coefficient (Wildman–Crippen LogP) is 4.50. The molecule has 0 aliphatic carbocycles. The van der Waals surface area contributed by atoms with Crippen molar-refractivity contribution >= 4 is 23.1 Å². The third-order valence-corrected chi connectivity index (χ3v) is 3.21. The number of rotatable bonds is 6. The van der Waals surface area contributed by atoms with Gasteiger partial charge in [0.2, 0.25) is 5.95 Å². The van der Waals surface area contributed by atoms with Gasteiger partial charge in [-0.1, -0.05) is 12.1 Å². The molecule has 6 heteroatoms.